The maximum absolute atomic E-state index is 12.6. The number of carbonyl (C=O) groups is 2. The number of benzene rings is 2. The molecule has 0 amide bonds. The highest BCUT2D eigenvalue weighted by atomic mass is 16.1. The summed E-state index contributed by atoms with van der Waals surface area (Å²) in [6.07, 6.45) is 2.81. The first-order valence-corrected chi connectivity index (χ1v) is 7.21. The first kappa shape index (κ1) is 19.9. The number of ketones is 2. The van der Waals surface area contributed by atoms with Gasteiger partial charge in [0.25, 0.3) is 0 Å². The molecule has 0 spiro atoms. The second-order valence-electron chi connectivity index (χ2n) is 4.77. The van der Waals surface area contributed by atoms with Crippen molar-refractivity contribution in [2.45, 2.75) is 0 Å². The van der Waals surface area contributed by atoms with Gasteiger partial charge in [-0.25, -0.2) is 0 Å². The highest BCUT2D eigenvalue weighted by Gasteiger charge is 2.23. The summed E-state index contributed by atoms with van der Waals surface area (Å²) in [4.78, 5) is 27.7. The number of hydrogen-bond donors (Lipinski definition) is 1. The molecular weight excluding hydrogens is 332 g/mol. The van der Waals surface area contributed by atoms with Crippen LogP contribution in [-0.2, 0) is 9.59 Å². The van der Waals surface area contributed by atoms with E-state index in [2.05, 4.69) is 0 Å². The van der Waals surface area contributed by atoms with Gasteiger partial charge in [-0.1, -0.05) is 60.7 Å². The zero-order valence-corrected chi connectivity index (χ0v) is 13.5. The third kappa shape index (κ3) is 5.50. The molecule has 0 fully saturated rings. The van der Waals surface area contributed by atoms with Gasteiger partial charge in [0.1, 0.15) is 0 Å². The van der Waals surface area contributed by atoms with Crippen LogP contribution in [0.15, 0.2) is 72.8 Å². The van der Waals surface area contributed by atoms with Gasteiger partial charge in [0.15, 0.2) is 11.6 Å². The van der Waals surface area contributed by atoms with Crippen LogP contribution in [-0.4, -0.2) is 11.6 Å². The van der Waals surface area contributed by atoms with E-state index in [4.69, 9.17) is 22.1 Å². The minimum absolute atomic E-state index is 0.109. The van der Waals surface area contributed by atoms with Crippen LogP contribution in [0.4, 0.5) is 0 Å². The molecule has 8 nitrogen and oxygen atoms in total. The Bertz CT molecular complexity index is 832. The van der Waals surface area contributed by atoms with Gasteiger partial charge >= 0.3 is 0 Å². The van der Waals surface area contributed by atoms with Crippen LogP contribution < -0.4 is 0 Å². The average Bonchev–Trinajstić information content (AvgIpc) is 2.66. The molecule has 0 heterocycles. The van der Waals surface area contributed by atoms with Gasteiger partial charge in [0, 0.05) is 11.1 Å². The van der Waals surface area contributed by atoms with Gasteiger partial charge in [0.2, 0.25) is 0 Å². The molecule has 2 aromatic carbocycles. The lowest BCUT2D eigenvalue weighted by Crippen LogP contribution is -2.12. The molecule has 0 saturated carbocycles. The predicted molar refractivity (Wildman–Crippen MR) is 98.4 cm³/mol. The molecule has 0 saturated heterocycles. The molecule has 26 heavy (non-hydrogen) atoms. The first-order valence-electron chi connectivity index (χ1n) is 7.21. The Labute approximate surface area is 148 Å². The molecule has 1 N–H and O–H groups in total. The monoisotopic (exact) mass is 345 g/mol. The Balaban J connectivity index is 0.000000499. The highest BCUT2D eigenvalue weighted by molar-refractivity contribution is 6.48. The molecule has 1 aliphatic carbocycles. The normalized spacial score (nSPS) is 12.0. The number of nitrogens with zero attached hydrogens (tertiary/aromatic N) is 5. The number of hydrogen-bond acceptors (Lipinski definition) is 3. The van der Waals surface area contributed by atoms with Crippen LogP contribution in [0.2, 0.25) is 0 Å². The van der Waals surface area contributed by atoms with Crippen molar-refractivity contribution >= 4 is 22.7 Å². The molecule has 0 aromatic heterocycles. The van der Waals surface area contributed by atoms with Gasteiger partial charge in [-0.05, 0) is 33.7 Å². The summed E-state index contributed by atoms with van der Waals surface area (Å²) in [6, 6.07) is 18.5. The minimum atomic E-state index is -0.151. The first-order chi connectivity index (χ1) is 12.6. The lowest BCUT2D eigenvalue weighted by molar-refractivity contribution is -0.112. The van der Waals surface area contributed by atoms with E-state index in [1.165, 1.54) is 17.1 Å². The SMILES string of the molecule is O=C1C=C(c2ccccc2)C(=O)C(c2ccccc2)=C1.[N-]=[N+]=N.[N-]=[N+]=[N-]. The van der Waals surface area contributed by atoms with Crippen LogP contribution in [0.25, 0.3) is 37.6 Å². The van der Waals surface area contributed by atoms with Crippen molar-refractivity contribution in [2.24, 2.45) is 0 Å². The summed E-state index contributed by atoms with van der Waals surface area (Å²) in [5, 5.41) is 0. The Morgan fingerprint density at radius 2 is 1.00 bits per heavy atom. The van der Waals surface area contributed by atoms with Gasteiger partial charge in [-0.2, -0.15) is 0 Å². The number of carbonyl (C=O) groups excluding carboxylic acids is 2. The van der Waals surface area contributed by atoms with Crippen molar-refractivity contribution in [3.8, 4) is 0 Å². The van der Waals surface area contributed by atoms with Crippen LogP contribution in [0.5, 0.6) is 0 Å². The largest absolute Gasteiger partial charge is 0.373 e. The van der Waals surface area contributed by atoms with Crippen LogP contribution in [0, 0.1) is 5.53 Å². The Hall–Kier alpha value is -4.12. The zero-order valence-electron chi connectivity index (χ0n) is 13.5. The third-order valence-corrected chi connectivity index (χ3v) is 3.23. The van der Waals surface area contributed by atoms with E-state index < -0.39 is 0 Å². The third-order valence-electron chi connectivity index (χ3n) is 3.23. The molecule has 0 unspecified atom stereocenters. The summed E-state index contributed by atoms with van der Waals surface area (Å²) in [6.45, 7) is 0. The van der Waals surface area contributed by atoms with E-state index in [9.17, 15) is 9.59 Å². The molecule has 0 atom stereocenters. The summed E-state index contributed by atoms with van der Waals surface area (Å²) in [7, 11) is 0. The maximum atomic E-state index is 12.6. The Morgan fingerprint density at radius 3 is 1.31 bits per heavy atom. The van der Waals surface area contributed by atoms with Crippen molar-refractivity contribution in [3.05, 3.63) is 110 Å². The van der Waals surface area contributed by atoms with Gasteiger partial charge in [-0.15, -0.1) is 5.53 Å². The molecule has 0 aliphatic heterocycles. The van der Waals surface area contributed by atoms with Gasteiger partial charge in [0.05, 0.1) is 0 Å². The van der Waals surface area contributed by atoms with E-state index in [1.54, 1.807) is 4.91 Å². The fourth-order valence-electron chi connectivity index (χ4n) is 2.27. The van der Waals surface area contributed by atoms with E-state index in [0.29, 0.717) is 11.1 Å². The quantitative estimate of drug-likeness (QED) is 0.350. The molecule has 0 bridgehead atoms. The lowest BCUT2D eigenvalue weighted by Gasteiger charge is -2.14. The summed E-state index contributed by atoms with van der Waals surface area (Å²) >= 11 is 0. The van der Waals surface area contributed by atoms with Crippen molar-refractivity contribution in [1.82, 2.24) is 0 Å². The van der Waals surface area contributed by atoms with E-state index in [1.807, 2.05) is 60.7 Å². The van der Waals surface area contributed by atoms with Gasteiger partial charge < -0.3 is 11.1 Å². The van der Waals surface area contributed by atoms with Crippen molar-refractivity contribution in [1.29, 1.82) is 5.53 Å². The number of rotatable bonds is 2. The van der Waals surface area contributed by atoms with Gasteiger partial charge in [-0.3, -0.25) is 14.5 Å². The second-order valence-corrected chi connectivity index (χ2v) is 4.77. The molecule has 128 valence electrons. The lowest BCUT2D eigenvalue weighted by atomic mass is 9.87. The molecule has 0 radical (unpaired) electrons. The summed E-state index contributed by atoms with van der Waals surface area (Å²) < 4.78 is 0. The smallest absolute Gasteiger partial charge is 0.194 e. The highest BCUT2D eigenvalue weighted by Crippen LogP contribution is 2.28. The average molecular weight is 345 g/mol. The van der Waals surface area contributed by atoms with Crippen molar-refractivity contribution < 1.29 is 9.59 Å². The molecular formula is C18H13N6O2-. The van der Waals surface area contributed by atoms with Crippen LogP contribution in [0.3, 0.4) is 0 Å². The second kappa shape index (κ2) is 10.6. The Morgan fingerprint density at radius 1 is 0.692 bits per heavy atom. The van der Waals surface area contributed by atoms with E-state index in [-0.39, 0.29) is 11.6 Å². The van der Waals surface area contributed by atoms with Crippen molar-refractivity contribution in [2.75, 3.05) is 0 Å². The molecule has 8 heteroatoms. The van der Waals surface area contributed by atoms with Crippen molar-refractivity contribution in [3.63, 3.8) is 0 Å². The molecule has 2 aromatic rings. The summed E-state index contributed by atoms with van der Waals surface area (Å²) in [5.74, 6) is -0.260. The van der Waals surface area contributed by atoms with E-state index >= 15 is 0 Å². The number of nitrogens with one attached hydrogen (secondary N) is 1. The zero-order chi connectivity index (χ0) is 19.4. The fraction of sp³-hybridized carbons (Fsp3) is 0. The van der Waals surface area contributed by atoms with Crippen LogP contribution >= 0.6 is 0 Å². The fourth-order valence-corrected chi connectivity index (χ4v) is 2.27. The minimum Gasteiger partial charge on any atom is -0.373 e. The predicted octanol–water partition coefficient (Wildman–Crippen LogP) is 5.05. The molecule has 3 rings (SSSR count). The number of Topliss-reactive ketones (excluding diaryl/α,β-unsaturated/α-hetero) is 1. The Kier molecular flexibility index (Phi) is 8.14. The number of allylic oxidation sites excluding steroid dienone is 4. The van der Waals surface area contributed by atoms with E-state index in [0.717, 1.165) is 11.1 Å². The standard InChI is InChI=1S/C18H12O2.HN3.N3/c19-15-11-16(13-7-3-1-4-8-13)18(20)17(12-15)14-9-5-2-6-10-14;2*1-3-2/h1-12H;1H;/q;;-1. The maximum Gasteiger partial charge on any atom is 0.194 e. The molecule has 1 aliphatic rings. The van der Waals surface area contributed by atoms with Crippen LogP contribution in [0.1, 0.15) is 11.1 Å². The topological polar surface area (TPSA) is 153 Å². The summed E-state index contributed by atoms with van der Waals surface area (Å²) in [5.41, 5.74) is 28.2.